The zero-order chi connectivity index (χ0) is 17.9. The molecule has 0 saturated carbocycles. The van der Waals surface area contributed by atoms with Crippen molar-refractivity contribution in [2.24, 2.45) is 0 Å². The monoisotopic (exact) mass is 390 g/mol. The third kappa shape index (κ3) is 3.91. The van der Waals surface area contributed by atoms with Gasteiger partial charge in [-0.15, -0.1) is 22.0 Å². The van der Waals surface area contributed by atoms with Crippen molar-refractivity contribution in [2.75, 3.05) is 18.8 Å². The fourth-order valence-electron chi connectivity index (χ4n) is 3.84. The Balaban J connectivity index is 1.24. The summed E-state index contributed by atoms with van der Waals surface area (Å²) in [5.74, 6) is 4.29. The quantitative estimate of drug-likeness (QED) is 0.783. The van der Waals surface area contributed by atoms with Gasteiger partial charge in [-0.1, -0.05) is 23.7 Å². The van der Waals surface area contributed by atoms with E-state index in [0.29, 0.717) is 11.7 Å². The largest absolute Gasteiger partial charge is 0.342 e. The van der Waals surface area contributed by atoms with E-state index < -0.39 is 0 Å². The molecule has 0 bridgehead atoms. The molecule has 1 saturated heterocycles. The van der Waals surface area contributed by atoms with Gasteiger partial charge in [0.25, 0.3) is 0 Å². The lowest BCUT2D eigenvalue weighted by Gasteiger charge is -2.31. The van der Waals surface area contributed by atoms with Gasteiger partial charge < -0.3 is 9.47 Å². The molecule has 1 aromatic carbocycles. The van der Waals surface area contributed by atoms with Gasteiger partial charge in [-0.3, -0.25) is 4.79 Å². The molecular formula is C19H23ClN4OS. The third-order valence-corrected chi connectivity index (χ3v) is 6.46. The number of halogens is 1. The number of likely N-dealkylation sites (tertiary alicyclic amines) is 1. The van der Waals surface area contributed by atoms with Crippen LogP contribution in [0.5, 0.6) is 0 Å². The topological polar surface area (TPSA) is 51.0 Å². The summed E-state index contributed by atoms with van der Waals surface area (Å²) in [6, 6.07) is 7.83. The van der Waals surface area contributed by atoms with Gasteiger partial charge >= 0.3 is 0 Å². The second-order valence-electron chi connectivity index (χ2n) is 7.01. The highest BCUT2D eigenvalue weighted by atomic mass is 35.5. The molecule has 2 aliphatic rings. The third-order valence-electron chi connectivity index (χ3n) is 5.23. The van der Waals surface area contributed by atoms with Crippen LogP contribution in [0.25, 0.3) is 0 Å². The van der Waals surface area contributed by atoms with Crippen LogP contribution in [0.15, 0.2) is 24.3 Å². The molecule has 4 rings (SSSR count). The molecule has 2 aliphatic heterocycles. The van der Waals surface area contributed by atoms with Crippen LogP contribution in [-0.2, 0) is 23.5 Å². The van der Waals surface area contributed by atoms with Crippen LogP contribution in [-0.4, -0.2) is 44.4 Å². The van der Waals surface area contributed by atoms with Gasteiger partial charge in [0.2, 0.25) is 5.91 Å². The molecule has 0 atom stereocenters. The Morgan fingerprint density at radius 3 is 2.88 bits per heavy atom. The Hall–Kier alpha value is -1.53. The molecule has 26 heavy (non-hydrogen) atoms. The van der Waals surface area contributed by atoms with E-state index in [1.54, 1.807) is 11.8 Å². The molecule has 5 nitrogen and oxygen atoms in total. The molecule has 0 spiro atoms. The van der Waals surface area contributed by atoms with Crippen LogP contribution in [0.3, 0.4) is 0 Å². The van der Waals surface area contributed by atoms with Gasteiger partial charge in [0.1, 0.15) is 11.6 Å². The lowest BCUT2D eigenvalue weighted by atomic mass is 9.96. The summed E-state index contributed by atoms with van der Waals surface area (Å²) in [5, 5.41) is 9.48. The van der Waals surface area contributed by atoms with E-state index in [1.807, 2.05) is 29.2 Å². The molecule has 3 heterocycles. The van der Waals surface area contributed by atoms with Crippen molar-refractivity contribution in [3.05, 3.63) is 46.5 Å². The average Bonchev–Trinajstić information content (AvgIpc) is 3.25. The van der Waals surface area contributed by atoms with E-state index in [-0.39, 0.29) is 5.91 Å². The van der Waals surface area contributed by atoms with E-state index in [2.05, 4.69) is 14.8 Å². The van der Waals surface area contributed by atoms with E-state index in [1.165, 1.54) is 6.42 Å². The first-order valence-electron chi connectivity index (χ1n) is 9.22. The second kappa shape index (κ2) is 8.01. The number of hydrogen-bond donors (Lipinski definition) is 0. The Kier molecular flexibility index (Phi) is 5.50. The second-order valence-corrected chi connectivity index (χ2v) is 8.43. The maximum atomic E-state index is 12.5. The molecule has 2 aromatic rings. The number of piperidine rings is 1. The van der Waals surface area contributed by atoms with Crippen LogP contribution in [0.4, 0.5) is 0 Å². The smallest absolute Gasteiger partial charge is 0.232 e. The number of aryl methyl sites for hydroxylation is 1. The van der Waals surface area contributed by atoms with Crippen molar-refractivity contribution in [1.82, 2.24) is 19.7 Å². The summed E-state index contributed by atoms with van der Waals surface area (Å²) < 4.78 is 2.29. The molecule has 0 aliphatic carbocycles. The zero-order valence-corrected chi connectivity index (χ0v) is 16.3. The van der Waals surface area contributed by atoms with Gasteiger partial charge in [0.15, 0.2) is 0 Å². The maximum Gasteiger partial charge on any atom is 0.232 e. The summed E-state index contributed by atoms with van der Waals surface area (Å²) >= 11 is 7.66. The zero-order valence-electron chi connectivity index (χ0n) is 14.7. The van der Waals surface area contributed by atoms with Crippen molar-refractivity contribution in [3.63, 3.8) is 0 Å². The van der Waals surface area contributed by atoms with Gasteiger partial charge in [0, 0.05) is 42.7 Å². The van der Waals surface area contributed by atoms with Crippen LogP contribution in [0.1, 0.15) is 42.4 Å². The fraction of sp³-hybridized carbons (Fsp3) is 0.526. The minimum Gasteiger partial charge on any atom is -0.342 e. The van der Waals surface area contributed by atoms with Crippen molar-refractivity contribution in [2.45, 2.75) is 43.9 Å². The SMILES string of the molecule is O=C(CSCc1cccc(Cl)c1)N1CCC(c2nnc3n2CCC3)CC1. The molecule has 1 amide bonds. The lowest BCUT2D eigenvalue weighted by molar-refractivity contribution is -0.129. The van der Waals surface area contributed by atoms with E-state index in [4.69, 9.17) is 11.6 Å². The fourth-order valence-corrected chi connectivity index (χ4v) is 4.92. The molecule has 7 heteroatoms. The number of carbonyl (C=O) groups excluding carboxylic acids is 1. The number of nitrogens with zero attached hydrogens (tertiary/aromatic N) is 4. The number of carbonyl (C=O) groups is 1. The van der Waals surface area contributed by atoms with Crippen molar-refractivity contribution >= 4 is 29.3 Å². The van der Waals surface area contributed by atoms with E-state index in [0.717, 1.165) is 66.9 Å². The van der Waals surface area contributed by atoms with Crippen LogP contribution in [0.2, 0.25) is 5.02 Å². The van der Waals surface area contributed by atoms with Crippen LogP contribution >= 0.6 is 23.4 Å². The Morgan fingerprint density at radius 2 is 2.08 bits per heavy atom. The van der Waals surface area contributed by atoms with E-state index >= 15 is 0 Å². The first kappa shape index (κ1) is 17.9. The van der Waals surface area contributed by atoms with Gasteiger partial charge in [-0.25, -0.2) is 0 Å². The number of aromatic nitrogens is 3. The maximum absolute atomic E-state index is 12.5. The number of benzene rings is 1. The van der Waals surface area contributed by atoms with Crippen molar-refractivity contribution in [1.29, 1.82) is 0 Å². The van der Waals surface area contributed by atoms with Crippen LogP contribution < -0.4 is 0 Å². The molecule has 0 unspecified atom stereocenters. The van der Waals surface area contributed by atoms with Crippen molar-refractivity contribution in [3.8, 4) is 0 Å². The number of rotatable bonds is 5. The average molecular weight is 391 g/mol. The van der Waals surface area contributed by atoms with Gasteiger partial charge in [-0.2, -0.15) is 0 Å². The van der Waals surface area contributed by atoms with E-state index in [9.17, 15) is 4.79 Å². The predicted molar refractivity (Wildman–Crippen MR) is 105 cm³/mol. The summed E-state index contributed by atoms with van der Waals surface area (Å²) in [6.07, 6.45) is 4.21. The highest BCUT2D eigenvalue weighted by Gasteiger charge is 2.29. The van der Waals surface area contributed by atoms with Crippen molar-refractivity contribution < 1.29 is 4.79 Å². The molecule has 0 radical (unpaired) electrons. The normalized spacial score (nSPS) is 17.5. The molecular weight excluding hydrogens is 368 g/mol. The summed E-state index contributed by atoms with van der Waals surface area (Å²) in [7, 11) is 0. The Labute approximate surface area is 163 Å². The standard InChI is InChI=1S/C19H23ClN4OS/c20-16-4-1-3-14(11-16)12-26-13-18(25)23-9-6-15(7-10-23)19-22-21-17-5-2-8-24(17)19/h1,3-4,11,15H,2,5-10,12-13H2. The molecule has 0 N–H and O–H groups in total. The summed E-state index contributed by atoms with van der Waals surface area (Å²) in [6.45, 7) is 2.70. The number of thioether (sulfide) groups is 1. The summed E-state index contributed by atoms with van der Waals surface area (Å²) in [5.41, 5.74) is 1.16. The highest BCUT2D eigenvalue weighted by molar-refractivity contribution is 7.99. The predicted octanol–water partition coefficient (Wildman–Crippen LogP) is 3.52. The summed E-state index contributed by atoms with van der Waals surface area (Å²) in [4.78, 5) is 14.5. The van der Waals surface area contributed by atoms with Crippen LogP contribution in [0, 0.1) is 0 Å². The number of amides is 1. The van der Waals surface area contributed by atoms with Gasteiger partial charge in [0.05, 0.1) is 5.75 Å². The Bertz CT molecular complexity index is 786. The lowest BCUT2D eigenvalue weighted by Crippen LogP contribution is -2.39. The molecule has 138 valence electrons. The number of fused-ring (bicyclic) bond motifs is 1. The molecule has 1 fully saturated rings. The molecule has 1 aromatic heterocycles. The first-order chi connectivity index (χ1) is 12.7. The minimum absolute atomic E-state index is 0.238. The minimum atomic E-state index is 0.238. The first-order valence-corrected chi connectivity index (χ1v) is 10.8. The highest BCUT2D eigenvalue weighted by Crippen LogP contribution is 2.29. The Morgan fingerprint density at radius 1 is 1.23 bits per heavy atom. The number of hydrogen-bond acceptors (Lipinski definition) is 4. The van der Waals surface area contributed by atoms with Gasteiger partial charge in [-0.05, 0) is 37.0 Å².